The molecule has 8 heteroatoms. The van der Waals surface area contributed by atoms with Gasteiger partial charge in [0.25, 0.3) is 5.89 Å². The Morgan fingerprint density at radius 2 is 2.04 bits per heavy atom. The molecule has 1 aromatic heterocycles. The van der Waals surface area contributed by atoms with E-state index in [4.69, 9.17) is 14.0 Å². The molecule has 0 bridgehead atoms. The fourth-order valence-corrected chi connectivity index (χ4v) is 3.05. The van der Waals surface area contributed by atoms with Gasteiger partial charge >= 0.3 is 0 Å². The molecule has 146 valence electrons. The number of carbonyl (C=O) groups is 1. The molecule has 0 aliphatic carbocycles. The molecule has 0 spiro atoms. The van der Waals surface area contributed by atoms with Crippen molar-refractivity contribution in [3.63, 3.8) is 0 Å². The van der Waals surface area contributed by atoms with Crippen molar-refractivity contribution in [2.24, 2.45) is 0 Å². The maximum absolute atomic E-state index is 12.9. The zero-order valence-corrected chi connectivity index (χ0v) is 15.4. The van der Waals surface area contributed by atoms with Gasteiger partial charge in [-0.05, 0) is 30.5 Å². The van der Waals surface area contributed by atoms with E-state index in [9.17, 15) is 9.18 Å². The molecule has 0 radical (unpaired) electrons. The third-order valence-electron chi connectivity index (χ3n) is 4.52. The minimum absolute atomic E-state index is 0.0672. The average Bonchev–Trinajstić information content (AvgIpc) is 3.12. The molecular weight excluding hydrogens is 353 g/mol. The number of methoxy groups -OCH3 is 1. The van der Waals surface area contributed by atoms with Gasteiger partial charge in [0.2, 0.25) is 5.91 Å². The van der Waals surface area contributed by atoms with E-state index in [-0.39, 0.29) is 17.8 Å². The first-order valence-corrected chi connectivity index (χ1v) is 9.08. The SMILES string of the molecule is COCc1nc(CCOC2CCN(C(=O)Cc3ccc(F)cc3)CC2)no1. The molecule has 0 N–H and O–H groups in total. The standard InChI is InChI=1S/C19H24FN3O4/c1-25-13-18-21-17(22-27-18)8-11-26-16-6-9-23(10-7-16)19(24)12-14-2-4-15(20)5-3-14/h2-5,16H,6-13H2,1H3. The van der Waals surface area contributed by atoms with Crippen molar-refractivity contribution < 1.29 is 23.2 Å². The summed E-state index contributed by atoms with van der Waals surface area (Å²) in [6, 6.07) is 6.06. The molecule has 1 saturated heterocycles. The van der Waals surface area contributed by atoms with Crippen molar-refractivity contribution in [1.29, 1.82) is 0 Å². The van der Waals surface area contributed by atoms with Crippen LogP contribution in [0.3, 0.4) is 0 Å². The number of piperidine rings is 1. The lowest BCUT2D eigenvalue weighted by Gasteiger charge is -2.32. The fraction of sp³-hybridized carbons (Fsp3) is 0.526. The number of amides is 1. The Bertz CT molecular complexity index is 727. The van der Waals surface area contributed by atoms with Crippen LogP contribution in [0.2, 0.25) is 0 Å². The number of nitrogens with zero attached hydrogens (tertiary/aromatic N) is 3. The molecule has 27 heavy (non-hydrogen) atoms. The van der Waals surface area contributed by atoms with Crippen LogP contribution in [0.25, 0.3) is 0 Å². The third kappa shape index (κ3) is 5.83. The van der Waals surface area contributed by atoms with Crippen molar-refractivity contribution in [3.05, 3.63) is 47.4 Å². The Balaban J connectivity index is 1.35. The van der Waals surface area contributed by atoms with Crippen LogP contribution in [0.5, 0.6) is 0 Å². The summed E-state index contributed by atoms with van der Waals surface area (Å²) in [6.07, 6.45) is 2.61. The first-order valence-electron chi connectivity index (χ1n) is 9.08. The van der Waals surface area contributed by atoms with Crippen LogP contribution >= 0.6 is 0 Å². The lowest BCUT2D eigenvalue weighted by molar-refractivity contribution is -0.133. The van der Waals surface area contributed by atoms with Gasteiger partial charge in [-0.25, -0.2) is 4.39 Å². The molecule has 1 aliphatic rings. The number of ether oxygens (including phenoxy) is 2. The van der Waals surface area contributed by atoms with Gasteiger partial charge in [-0.1, -0.05) is 17.3 Å². The normalized spacial score (nSPS) is 15.3. The van der Waals surface area contributed by atoms with E-state index < -0.39 is 0 Å². The van der Waals surface area contributed by atoms with Crippen LogP contribution in [-0.2, 0) is 33.7 Å². The van der Waals surface area contributed by atoms with E-state index in [0.29, 0.717) is 50.9 Å². The zero-order valence-electron chi connectivity index (χ0n) is 15.4. The van der Waals surface area contributed by atoms with Crippen LogP contribution in [-0.4, -0.2) is 53.9 Å². The highest BCUT2D eigenvalue weighted by atomic mass is 19.1. The molecule has 1 fully saturated rings. The number of likely N-dealkylation sites (tertiary alicyclic amines) is 1. The summed E-state index contributed by atoms with van der Waals surface area (Å²) in [5.41, 5.74) is 0.827. The Kier molecular flexibility index (Phi) is 6.89. The quantitative estimate of drug-likeness (QED) is 0.702. The van der Waals surface area contributed by atoms with Crippen LogP contribution in [0.4, 0.5) is 4.39 Å². The molecule has 1 aliphatic heterocycles. The Hall–Kier alpha value is -2.32. The molecule has 0 saturated carbocycles. The van der Waals surface area contributed by atoms with Crippen LogP contribution in [0.1, 0.15) is 30.1 Å². The highest BCUT2D eigenvalue weighted by molar-refractivity contribution is 5.78. The summed E-state index contributed by atoms with van der Waals surface area (Å²) in [5.74, 6) is 0.840. The topological polar surface area (TPSA) is 77.7 Å². The zero-order chi connectivity index (χ0) is 19.1. The second kappa shape index (κ2) is 9.57. The molecule has 1 aromatic carbocycles. The highest BCUT2D eigenvalue weighted by Gasteiger charge is 2.23. The number of benzene rings is 1. The predicted molar refractivity (Wildman–Crippen MR) is 94.4 cm³/mol. The van der Waals surface area contributed by atoms with Crippen LogP contribution in [0.15, 0.2) is 28.8 Å². The number of hydrogen-bond acceptors (Lipinski definition) is 6. The molecule has 1 amide bonds. The van der Waals surface area contributed by atoms with Gasteiger partial charge in [0.05, 0.1) is 19.1 Å². The van der Waals surface area contributed by atoms with Crippen molar-refractivity contribution in [3.8, 4) is 0 Å². The summed E-state index contributed by atoms with van der Waals surface area (Å²) < 4.78 is 28.8. The minimum atomic E-state index is -0.292. The van der Waals surface area contributed by atoms with Gasteiger partial charge in [-0.3, -0.25) is 4.79 Å². The molecule has 2 heterocycles. The largest absolute Gasteiger partial charge is 0.378 e. The predicted octanol–water partition coefficient (Wildman–Crippen LogP) is 2.15. The monoisotopic (exact) mass is 377 g/mol. The van der Waals surface area contributed by atoms with Gasteiger partial charge in [0.1, 0.15) is 12.4 Å². The molecule has 0 atom stereocenters. The second-order valence-electron chi connectivity index (χ2n) is 6.54. The lowest BCUT2D eigenvalue weighted by atomic mass is 10.1. The first kappa shape index (κ1) is 19.4. The molecule has 7 nitrogen and oxygen atoms in total. The van der Waals surface area contributed by atoms with Gasteiger partial charge in [0.15, 0.2) is 5.82 Å². The summed E-state index contributed by atoms with van der Waals surface area (Å²) in [6.45, 7) is 2.16. The molecule has 0 unspecified atom stereocenters. The Morgan fingerprint density at radius 3 is 2.74 bits per heavy atom. The Labute approximate surface area is 157 Å². The van der Waals surface area contributed by atoms with E-state index in [1.807, 2.05) is 4.90 Å². The first-order chi connectivity index (χ1) is 13.1. The van der Waals surface area contributed by atoms with Gasteiger partial charge in [-0.15, -0.1) is 0 Å². The van der Waals surface area contributed by atoms with E-state index in [0.717, 1.165) is 18.4 Å². The summed E-state index contributed by atoms with van der Waals surface area (Å²) in [7, 11) is 1.57. The number of rotatable bonds is 8. The van der Waals surface area contributed by atoms with Crippen molar-refractivity contribution in [1.82, 2.24) is 15.0 Å². The number of aromatic nitrogens is 2. The van der Waals surface area contributed by atoms with Gasteiger partial charge < -0.3 is 18.9 Å². The summed E-state index contributed by atoms with van der Waals surface area (Å²) >= 11 is 0. The highest BCUT2D eigenvalue weighted by Crippen LogP contribution is 2.16. The van der Waals surface area contributed by atoms with Crippen molar-refractivity contribution >= 4 is 5.91 Å². The minimum Gasteiger partial charge on any atom is -0.378 e. The van der Waals surface area contributed by atoms with E-state index in [2.05, 4.69) is 10.1 Å². The molecule has 2 aromatic rings. The smallest absolute Gasteiger partial charge is 0.252 e. The Morgan fingerprint density at radius 1 is 1.30 bits per heavy atom. The van der Waals surface area contributed by atoms with Gasteiger partial charge in [0, 0.05) is 26.6 Å². The van der Waals surface area contributed by atoms with Crippen molar-refractivity contribution in [2.45, 2.75) is 38.4 Å². The molecule has 3 rings (SSSR count). The van der Waals surface area contributed by atoms with E-state index in [1.54, 1.807) is 19.2 Å². The maximum atomic E-state index is 12.9. The molecular formula is C19H24FN3O4. The summed E-state index contributed by atoms with van der Waals surface area (Å²) in [5, 5.41) is 3.88. The number of halogens is 1. The van der Waals surface area contributed by atoms with Gasteiger partial charge in [-0.2, -0.15) is 4.98 Å². The van der Waals surface area contributed by atoms with E-state index in [1.165, 1.54) is 12.1 Å². The summed E-state index contributed by atoms with van der Waals surface area (Å²) in [4.78, 5) is 18.4. The third-order valence-corrected chi connectivity index (χ3v) is 4.52. The average molecular weight is 377 g/mol. The number of hydrogen-bond donors (Lipinski definition) is 0. The lowest BCUT2D eigenvalue weighted by Crippen LogP contribution is -2.41. The second-order valence-corrected chi connectivity index (χ2v) is 6.54. The fourth-order valence-electron chi connectivity index (χ4n) is 3.05. The van der Waals surface area contributed by atoms with Crippen LogP contribution < -0.4 is 0 Å². The van der Waals surface area contributed by atoms with Crippen molar-refractivity contribution in [2.75, 3.05) is 26.8 Å². The van der Waals surface area contributed by atoms with E-state index >= 15 is 0 Å². The number of carbonyl (C=O) groups excluding carboxylic acids is 1. The van der Waals surface area contributed by atoms with Crippen LogP contribution in [0, 0.1) is 5.82 Å². The maximum Gasteiger partial charge on any atom is 0.252 e.